The summed E-state index contributed by atoms with van der Waals surface area (Å²) in [5.41, 5.74) is 0.886. The summed E-state index contributed by atoms with van der Waals surface area (Å²) >= 11 is 1.57. The van der Waals surface area contributed by atoms with Crippen molar-refractivity contribution < 1.29 is 19.0 Å². The van der Waals surface area contributed by atoms with Crippen molar-refractivity contribution in [1.82, 2.24) is 0 Å². The van der Waals surface area contributed by atoms with Gasteiger partial charge < -0.3 is 19.1 Å². The number of thiophene rings is 1. The van der Waals surface area contributed by atoms with Gasteiger partial charge >= 0.3 is 5.97 Å². The summed E-state index contributed by atoms with van der Waals surface area (Å²) in [6.07, 6.45) is 1.73. The number of esters is 1. The Kier molecular flexibility index (Phi) is 4.76. The number of cyclic esters (lactones) is 1. The van der Waals surface area contributed by atoms with Crippen LogP contribution in [0.15, 0.2) is 41.0 Å². The first kappa shape index (κ1) is 17.0. The molecule has 0 saturated carbocycles. The van der Waals surface area contributed by atoms with E-state index >= 15 is 0 Å². The van der Waals surface area contributed by atoms with Crippen LogP contribution in [-0.2, 0) is 9.53 Å². The topological polar surface area (TPSA) is 60.4 Å². The number of benzene rings is 1. The first-order valence-corrected chi connectivity index (χ1v) is 8.35. The Balaban J connectivity index is 1.93. The average Bonchev–Trinajstić information content (AvgIpc) is 3.22. The van der Waals surface area contributed by atoms with Gasteiger partial charge in [0.15, 0.2) is 5.70 Å². The number of hydrogen-bond acceptors (Lipinski definition) is 7. The van der Waals surface area contributed by atoms with E-state index in [0.29, 0.717) is 17.1 Å². The molecule has 6 nitrogen and oxygen atoms in total. The summed E-state index contributed by atoms with van der Waals surface area (Å²) < 4.78 is 15.8. The largest absolute Gasteiger partial charge is 0.497 e. The predicted octanol–water partition coefficient (Wildman–Crippen LogP) is 3.18. The highest BCUT2D eigenvalue weighted by molar-refractivity contribution is 7.16. The lowest BCUT2D eigenvalue weighted by Gasteiger charge is -2.07. The molecule has 0 spiro atoms. The molecule has 1 aliphatic rings. The highest BCUT2D eigenvalue weighted by Crippen LogP contribution is 2.29. The molecule has 0 bridgehead atoms. The van der Waals surface area contributed by atoms with Crippen molar-refractivity contribution in [2.75, 3.05) is 33.2 Å². The van der Waals surface area contributed by atoms with Crippen LogP contribution in [0.2, 0.25) is 0 Å². The maximum Gasteiger partial charge on any atom is 0.363 e. The van der Waals surface area contributed by atoms with Crippen LogP contribution < -0.4 is 14.4 Å². The third-order valence-electron chi connectivity index (χ3n) is 3.55. The van der Waals surface area contributed by atoms with Gasteiger partial charge in [-0.3, -0.25) is 0 Å². The van der Waals surface area contributed by atoms with Crippen molar-refractivity contribution in [2.45, 2.75) is 0 Å². The van der Waals surface area contributed by atoms with Crippen molar-refractivity contribution in [3.63, 3.8) is 0 Å². The number of methoxy groups -OCH3 is 2. The number of carbonyl (C=O) groups excluding carboxylic acids is 1. The molecule has 1 aliphatic heterocycles. The lowest BCUT2D eigenvalue weighted by molar-refractivity contribution is -0.129. The highest BCUT2D eigenvalue weighted by Gasteiger charge is 2.25. The minimum atomic E-state index is -0.475. The van der Waals surface area contributed by atoms with Crippen LogP contribution in [0.3, 0.4) is 0 Å². The number of anilines is 1. The van der Waals surface area contributed by atoms with Crippen LogP contribution in [0, 0.1) is 0 Å². The summed E-state index contributed by atoms with van der Waals surface area (Å²) in [4.78, 5) is 19.4. The molecule has 3 rings (SSSR count). The fourth-order valence-electron chi connectivity index (χ4n) is 2.26. The first-order chi connectivity index (χ1) is 12.0. The number of carbonyl (C=O) groups is 1. The zero-order chi connectivity index (χ0) is 18.0. The van der Waals surface area contributed by atoms with E-state index < -0.39 is 5.97 Å². The maximum absolute atomic E-state index is 12.1. The molecule has 0 amide bonds. The van der Waals surface area contributed by atoms with Gasteiger partial charge in [-0.15, -0.1) is 11.3 Å². The molecule has 0 N–H and O–H groups in total. The summed E-state index contributed by atoms with van der Waals surface area (Å²) in [6, 6.07) is 9.17. The number of nitrogens with zero attached hydrogens (tertiary/aromatic N) is 2. The second-order valence-electron chi connectivity index (χ2n) is 5.51. The number of ether oxygens (including phenoxy) is 3. The minimum Gasteiger partial charge on any atom is -0.497 e. The molecular formula is C18H18N2O4S. The van der Waals surface area contributed by atoms with Gasteiger partial charge in [0.05, 0.1) is 19.2 Å². The molecule has 0 atom stereocenters. The smallest absolute Gasteiger partial charge is 0.363 e. The maximum atomic E-state index is 12.1. The molecule has 0 fully saturated rings. The van der Waals surface area contributed by atoms with E-state index in [0.717, 1.165) is 9.88 Å². The molecule has 0 radical (unpaired) electrons. The third-order valence-corrected chi connectivity index (χ3v) is 4.75. The highest BCUT2D eigenvalue weighted by atomic mass is 32.1. The van der Waals surface area contributed by atoms with Crippen molar-refractivity contribution >= 4 is 34.3 Å². The summed E-state index contributed by atoms with van der Waals surface area (Å²) in [7, 11) is 7.06. The molecule has 0 saturated heterocycles. The second-order valence-corrected chi connectivity index (χ2v) is 6.60. The molecule has 130 valence electrons. The van der Waals surface area contributed by atoms with Gasteiger partial charge in [-0.25, -0.2) is 9.79 Å². The monoisotopic (exact) mass is 358 g/mol. The van der Waals surface area contributed by atoms with Crippen LogP contribution in [0.25, 0.3) is 6.08 Å². The number of rotatable bonds is 5. The van der Waals surface area contributed by atoms with E-state index in [1.54, 1.807) is 49.8 Å². The Labute approximate surface area is 150 Å². The molecule has 25 heavy (non-hydrogen) atoms. The fraction of sp³-hybridized carbons (Fsp3) is 0.222. The zero-order valence-electron chi connectivity index (χ0n) is 14.4. The molecule has 2 aromatic rings. The third kappa shape index (κ3) is 3.66. The minimum absolute atomic E-state index is 0.234. The Morgan fingerprint density at radius 1 is 1.12 bits per heavy atom. The van der Waals surface area contributed by atoms with Crippen LogP contribution in [0.4, 0.5) is 5.00 Å². The molecule has 1 aromatic heterocycles. The van der Waals surface area contributed by atoms with E-state index in [-0.39, 0.29) is 11.6 Å². The number of aliphatic imine (C=N–C) groups is 1. The Bertz CT molecular complexity index is 845. The normalized spacial score (nSPS) is 15.1. The fourth-order valence-corrected chi connectivity index (χ4v) is 3.13. The van der Waals surface area contributed by atoms with E-state index in [1.807, 2.05) is 31.1 Å². The molecule has 7 heteroatoms. The average molecular weight is 358 g/mol. The lowest BCUT2D eigenvalue weighted by atomic mass is 10.2. The van der Waals surface area contributed by atoms with Crippen molar-refractivity contribution in [1.29, 1.82) is 0 Å². The summed E-state index contributed by atoms with van der Waals surface area (Å²) in [5, 5.41) is 1.10. The standard InChI is InChI=1S/C18H18N2O4S/c1-20(2)16-6-5-14(25-16)10-15-18(21)24-17(19-15)11-7-12(22-3)9-13(8-11)23-4/h5-10H,1-4H3. The van der Waals surface area contributed by atoms with Gasteiger partial charge in [0.1, 0.15) is 11.5 Å². The van der Waals surface area contributed by atoms with E-state index in [4.69, 9.17) is 14.2 Å². The van der Waals surface area contributed by atoms with E-state index in [1.165, 1.54) is 0 Å². The zero-order valence-corrected chi connectivity index (χ0v) is 15.2. The van der Waals surface area contributed by atoms with Gasteiger partial charge in [0, 0.05) is 30.6 Å². The quantitative estimate of drug-likeness (QED) is 0.607. The SMILES string of the molecule is COc1cc(OC)cc(C2=NC(=Cc3ccc(N(C)C)s3)C(=O)O2)c1. The predicted molar refractivity (Wildman–Crippen MR) is 98.8 cm³/mol. The van der Waals surface area contributed by atoms with Crippen LogP contribution in [-0.4, -0.2) is 40.2 Å². The van der Waals surface area contributed by atoms with Crippen LogP contribution in [0.5, 0.6) is 11.5 Å². The van der Waals surface area contributed by atoms with Crippen molar-refractivity contribution in [2.24, 2.45) is 4.99 Å². The molecule has 0 unspecified atom stereocenters. The number of hydrogen-bond donors (Lipinski definition) is 0. The first-order valence-electron chi connectivity index (χ1n) is 7.53. The van der Waals surface area contributed by atoms with Gasteiger partial charge in [0.2, 0.25) is 5.90 Å². The van der Waals surface area contributed by atoms with E-state index in [2.05, 4.69) is 4.99 Å². The molecule has 2 heterocycles. The Hall–Kier alpha value is -2.80. The van der Waals surface area contributed by atoms with Crippen molar-refractivity contribution in [3.8, 4) is 11.5 Å². The van der Waals surface area contributed by atoms with Crippen LogP contribution in [0.1, 0.15) is 10.4 Å². The summed E-state index contributed by atoms with van der Waals surface area (Å²) in [5.74, 6) is 0.952. The molecule has 0 aliphatic carbocycles. The van der Waals surface area contributed by atoms with Crippen molar-refractivity contribution in [3.05, 3.63) is 46.5 Å². The second kappa shape index (κ2) is 6.98. The van der Waals surface area contributed by atoms with Gasteiger partial charge in [-0.05, 0) is 30.3 Å². The van der Waals surface area contributed by atoms with Gasteiger partial charge in [-0.2, -0.15) is 0 Å². The van der Waals surface area contributed by atoms with Crippen LogP contribution >= 0.6 is 11.3 Å². The summed E-state index contributed by atoms with van der Waals surface area (Å²) in [6.45, 7) is 0. The van der Waals surface area contributed by atoms with Gasteiger partial charge in [0.25, 0.3) is 0 Å². The Morgan fingerprint density at radius 3 is 2.36 bits per heavy atom. The lowest BCUT2D eigenvalue weighted by Crippen LogP contribution is -2.06. The van der Waals surface area contributed by atoms with Gasteiger partial charge in [-0.1, -0.05) is 0 Å². The molecule has 1 aromatic carbocycles. The Morgan fingerprint density at radius 2 is 1.80 bits per heavy atom. The molecular weight excluding hydrogens is 340 g/mol. The van der Waals surface area contributed by atoms with E-state index in [9.17, 15) is 4.79 Å².